The maximum Gasteiger partial charge on any atom is 0.330 e. The van der Waals surface area contributed by atoms with Crippen LogP contribution >= 0.6 is 11.6 Å². The Morgan fingerprint density at radius 1 is 1.12 bits per heavy atom. The van der Waals surface area contributed by atoms with Crippen molar-refractivity contribution in [2.45, 2.75) is 13.5 Å². The van der Waals surface area contributed by atoms with Gasteiger partial charge in [-0.3, -0.25) is 0 Å². The Kier molecular flexibility index (Phi) is 6.70. The smallest absolute Gasteiger partial charge is 0.330 e. The summed E-state index contributed by atoms with van der Waals surface area (Å²) in [7, 11) is 1.57. The maximum absolute atomic E-state index is 11.3. The van der Waals surface area contributed by atoms with Gasteiger partial charge in [0.15, 0.2) is 11.5 Å². The van der Waals surface area contributed by atoms with Crippen molar-refractivity contribution in [1.82, 2.24) is 0 Å². The van der Waals surface area contributed by atoms with Gasteiger partial charge < -0.3 is 14.2 Å². The molecular weight excluding hydrogens is 328 g/mol. The maximum atomic E-state index is 11.3. The molecule has 2 aromatic carbocycles. The van der Waals surface area contributed by atoms with Crippen LogP contribution in [0.25, 0.3) is 6.08 Å². The van der Waals surface area contributed by atoms with Gasteiger partial charge in [-0.1, -0.05) is 29.8 Å². The first-order valence-electron chi connectivity index (χ1n) is 7.52. The van der Waals surface area contributed by atoms with E-state index in [4.69, 9.17) is 25.8 Å². The van der Waals surface area contributed by atoms with Crippen molar-refractivity contribution < 1.29 is 19.0 Å². The number of halogens is 1. The van der Waals surface area contributed by atoms with Gasteiger partial charge in [-0.2, -0.15) is 0 Å². The van der Waals surface area contributed by atoms with Crippen molar-refractivity contribution in [3.8, 4) is 11.5 Å². The van der Waals surface area contributed by atoms with E-state index in [2.05, 4.69) is 0 Å². The SMILES string of the molecule is CCOC(=O)/C=C/c1ccc(OCc2ccc(Cl)cc2)c(OC)c1. The number of hydrogen-bond acceptors (Lipinski definition) is 4. The number of hydrogen-bond donors (Lipinski definition) is 0. The van der Waals surface area contributed by atoms with Gasteiger partial charge >= 0.3 is 5.97 Å². The van der Waals surface area contributed by atoms with Gasteiger partial charge in [0.25, 0.3) is 0 Å². The second kappa shape index (κ2) is 8.99. The molecule has 0 fully saturated rings. The van der Waals surface area contributed by atoms with Gasteiger partial charge in [-0.25, -0.2) is 4.79 Å². The molecule has 0 unspecified atom stereocenters. The number of carbonyl (C=O) groups excluding carboxylic acids is 1. The lowest BCUT2D eigenvalue weighted by atomic mass is 10.2. The van der Waals surface area contributed by atoms with Crippen molar-refractivity contribution in [3.63, 3.8) is 0 Å². The molecule has 0 spiro atoms. The van der Waals surface area contributed by atoms with Crippen LogP contribution in [0.4, 0.5) is 0 Å². The van der Waals surface area contributed by atoms with Gasteiger partial charge in [0.1, 0.15) is 6.61 Å². The normalized spacial score (nSPS) is 10.6. The first-order chi connectivity index (χ1) is 11.6. The molecule has 0 aromatic heterocycles. The van der Waals surface area contributed by atoms with Crippen LogP contribution in [0.15, 0.2) is 48.5 Å². The minimum absolute atomic E-state index is 0.351. The summed E-state index contributed by atoms with van der Waals surface area (Å²) in [6, 6.07) is 12.9. The van der Waals surface area contributed by atoms with Crippen molar-refractivity contribution in [2.75, 3.05) is 13.7 Å². The van der Waals surface area contributed by atoms with E-state index in [9.17, 15) is 4.79 Å². The summed E-state index contributed by atoms with van der Waals surface area (Å²) >= 11 is 5.87. The fraction of sp³-hybridized carbons (Fsp3) is 0.211. The van der Waals surface area contributed by atoms with E-state index in [1.165, 1.54) is 6.08 Å². The summed E-state index contributed by atoms with van der Waals surface area (Å²) in [5.41, 5.74) is 1.83. The van der Waals surface area contributed by atoms with Crippen LogP contribution in [0.1, 0.15) is 18.1 Å². The van der Waals surface area contributed by atoms with E-state index in [1.54, 1.807) is 32.2 Å². The molecule has 0 aliphatic carbocycles. The van der Waals surface area contributed by atoms with Gasteiger partial charge in [-0.05, 0) is 48.4 Å². The molecular formula is C19H19ClO4. The summed E-state index contributed by atoms with van der Waals surface area (Å²) in [4.78, 5) is 11.3. The molecule has 0 N–H and O–H groups in total. The molecule has 0 aliphatic rings. The molecule has 0 saturated heterocycles. The predicted molar refractivity (Wildman–Crippen MR) is 94.4 cm³/mol. The number of benzene rings is 2. The van der Waals surface area contributed by atoms with E-state index >= 15 is 0 Å². The highest BCUT2D eigenvalue weighted by molar-refractivity contribution is 6.30. The minimum atomic E-state index is -0.375. The number of methoxy groups -OCH3 is 1. The molecule has 0 aliphatic heterocycles. The van der Waals surface area contributed by atoms with Crippen molar-refractivity contribution in [1.29, 1.82) is 0 Å². The second-order valence-corrected chi connectivity index (χ2v) is 5.35. The number of esters is 1. The Labute approximate surface area is 146 Å². The van der Waals surface area contributed by atoms with Gasteiger partial charge in [0, 0.05) is 11.1 Å². The Hall–Kier alpha value is -2.46. The van der Waals surface area contributed by atoms with Crippen LogP contribution in [-0.4, -0.2) is 19.7 Å². The van der Waals surface area contributed by atoms with Gasteiger partial charge in [-0.15, -0.1) is 0 Å². The predicted octanol–water partition coefficient (Wildman–Crippen LogP) is 4.50. The Morgan fingerprint density at radius 3 is 2.54 bits per heavy atom. The van der Waals surface area contributed by atoms with Crippen molar-refractivity contribution in [2.24, 2.45) is 0 Å². The first kappa shape index (κ1) is 17.9. The Bertz CT molecular complexity index is 708. The lowest BCUT2D eigenvalue weighted by Gasteiger charge is -2.11. The summed E-state index contributed by atoms with van der Waals surface area (Å²) in [6.07, 6.45) is 3.05. The number of rotatable bonds is 7. The molecule has 0 radical (unpaired) electrons. The molecule has 4 nitrogen and oxygen atoms in total. The van der Waals surface area contributed by atoms with E-state index < -0.39 is 0 Å². The zero-order valence-electron chi connectivity index (χ0n) is 13.6. The molecule has 0 heterocycles. The quantitative estimate of drug-likeness (QED) is 0.547. The third kappa shape index (κ3) is 5.32. The lowest BCUT2D eigenvalue weighted by molar-refractivity contribution is -0.137. The Balaban J connectivity index is 2.05. The average molecular weight is 347 g/mol. The fourth-order valence-corrected chi connectivity index (χ4v) is 2.13. The molecule has 0 atom stereocenters. The van der Waals surface area contributed by atoms with Crippen LogP contribution in [0.5, 0.6) is 11.5 Å². The van der Waals surface area contributed by atoms with E-state index in [1.807, 2.05) is 30.3 Å². The molecule has 2 rings (SSSR count). The van der Waals surface area contributed by atoms with Crippen LogP contribution in [0.2, 0.25) is 5.02 Å². The topological polar surface area (TPSA) is 44.8 Å². The summed E-state index contributed by atoms with van der Waals surface area (Å²) < 4.78 is 16.0. The number of ether oxygens (including phenoxy) is 3. The van der Waals surface area contributed by atoms with E-state index in [0.29, 0.717) is 29.7 Å². The van der Waals surface area contributed by atoms with E-state index in [-0.39, 0.29) is 5.97 Å². The number of carbonyl (C=O) groups is 1. The Morgan fingerprint density at radius 2 is 1.88 bits per heavy atom. The molecule has 0 amide bonds. The summed E-state index contributed by atoms with van der Waals surface area (Å²) in [5, 5.41) is 0.689. The second-order valence-electron chi connectivity index (χ2n) is 4.91. The van der Waals surface area contributed by atoms with Crippen LogP contribution < -0.4 is 9.47 Å². The van der Waals surface area contributed by atoms with Crippen molar-refractivity contribution in [3.05, 3.63) is 64.7 Å². The molecule has 2 aromatic rings. The highest BCUT2D eigenvalue weighted by atomic mass is 35.5. The molecule has 0 bridgehead atoms. The van der Waals surface area contributed by atoms with Crippen LogP contribution in [-0.2, 0) is 16.1 Å². The largest absolute Gasteiger partial charge is 0.493 e. The summed E-state index contributed by atoms with van der Waals surface area (Å²) in [6.45, 7) is 2.52. The third-order valence-electron chi connectivity index (χ3n) is 3.19. The highest BCUT2D eigenvalue weighted by Crippen LogP contribution is 2.29. The standard InChI is InChI=1S/C19H19ClO4/c1-3-23-19(21)11-7-14-6-10-17(18(12-14)22-2)24-13-15-4-8-16(20)9-5-15/h4-12H,3,13H2,1-2H3/b11-7+. The molecule has 0 saturated carbocycles. The zero-order chi connectivity index (χ0) is 17.4. The van der Waals surface area contributed by atoms with Crippen LogP contribution in [0, 0.1) is 0 Å². The third-order valence-corrected chi connectivity index (χ3v) is 3.45. The van der Waals surface area contributed by atoms with E-state index in [0.717, 1.165) is 11.1 Å². The fourth-order valence-electron chi connectivity index (χ4n) is 2.00. The highest BCUT2D eigenvalue weighted by Gasteiger charge is 2.06. The minimum Gasteiger partial charge on any atom is -0.493 e. The summed E-state index contributed by atoms with van der Waals surface area (Å²) in [5.74, 6) is 0.843. The molecule has 126 valence electrons. The van der Waals surface area contributed by atoms with Crippen molar-refractivity contribution >= 4 is 23.6 Å². The monoisotopic (exact) mass is 346 g/mol. The van der Waals surface area contributed by atoms with Gasteiger partial charge in [0.2, 0.25) is 0 Å². The van der Waals surface area contributed by atoms with Gasteiger partial charge in [0.05, 0.1) is 13.7 Å². The molecule has 5 heteroatoms. The van der Waals surface area contributed by atoms with Crippen LogP contribution in [0.3, 0.4) is 0 Å². The lowest BCUT2D eigenvalue weighted by Crippen LogP contribution is -1.99. The molecule has 24 heavy (non-hydrogen) atoms. The zero-order valence-corrected chi connectivity index (χ0v) is 14.4. The average Bonchev–Trinajstić information content (AvgIpc) is 2.60. The first-order valence-corrected chi connectivity index (χ1v) is 7.90.